The van der Waals surface area contributed by atoms with Crippen molar-refractivity contribution in [2.45, 2.75) is 0 Å². The lowest BCUT2D eigenvalue weighted by Crippen LogP contribution is -2.07. The van der Waals surface area contributed by atoms with Crippen LogP contribution in [0, 0.1) is 0 Å². The van der Waals surface area contributed by atoms with Gasteiger partial charge in [-0.05, 0) is 64.7 Å². The van der Waals surface area contributed by atoms with Crippen molar-refractivity contribution < 1.29 is 4.42 Å². The van der Waals surface area contributed by atoms with E-state index in [1.807, 2.05) is 24.3 Å². The number of fused-ring (bicyclic) bond motifs is 10. The van der Waals surface area contributed by atoms with E-state index in [-0.39, 0.29) is 0 Å². The van der Waals surface area contributed by atoms with Crippen molar-refractivity contribution in [3.8, 4) is 56.7 Å². The van der Waals surface area contributed by atoms with Crippen LogP contribution >= 0.6 is 0 Å². The van der Waals surface area contributed by atoms with E-state index >= 15 is 0 Å². The van der Waals surface area contributed by atoms with Crippen molar-refractivity contribution in [1.29, 1.82) is 0 Å². The van der Waals surface area contributed by atoms with Crippen molar-refractivity contribution in [3.63, 3.8) is 0 Å². The largest absolute Gasteiger partial charge is 0.455 e. The number of aromatic nitrogens is 5. The van der Waals surface area contributed by atoms with Crippen molar-refractivity contribution in [2.75, 3.05) is 0 Å². The molecule has 13 rings (SSSR count). The molecule has 0 amide bonds. The Kier molecular flexibility index (Phi) is 7.80. The monoisotopic (exact) mass is 805 g/mol. The molecule has 9 aromatic carbocycles. The molecule has 0 bridgehead atoms. The standard InChI is InChI=1S/C57H35N5O/c1-4-15-36(16-5-1)38-27-30-41(31-28-38)61-49-25-12-10-21-42(49)44-32-33-45-43-22-11-13-26-50(43)62(53(45)52(44)61)57-59-55(39-19-8-3-9-20-39)58-56(60-57)47-24-14-23-46-48-35-40(37-17-6-2-7-18-37)29-34-51(48)63-54(46)47/h1-35H. The Labute approximate surface area is 361 Å². The molecule has 294 valence electrons. The fourth-order valence-electron chi connectivity index (χ4n) is 9.50. The molecule has 0 spiro atoms. The summed E-state index contributed by atoms with van der Waals surface area (Å²) < 4.78 is 11.4. The first-order valence-electron chi connectivity index (χ1n) is 21.2. The van der Waals surface area contributed by atoms with E-state index in [1.54, 1.807) is 0 Å². The number of furan rings is 1. The zero-order valence-corrected chi connectivity index (χ0v) is 33.9. The summed E-state index contributed by atoms with van der Waals surface area (Å²) >= 11 is 0. The van der Waals surface area contributed by atoms with Gasteiger partial charge in [0.05, 0.1) is 27.6 Å². The van der Waals surface area contributed by atoms with Gasteiger partial charge in [0, 0.05) is 43.6 Å². The van der Waals surface area contributed by atoms with E-state index in [0.29, 0.717) is 17.6 Å². The maximum atomic E-state index is 6.73. The average Bonchev–Trinajstić information content (AvgIpc) is 4.02. The van der Waals surface area contributed by atoms with Gasteiger partial charge < -0.3 is 8.98 Å². The summed E-state index contributed by atoms with van der Waals surface area (Å²) in [5.74, 6) is 1.63. The summed E-state index contributed by atoms with van der Waals surface area (Å²) in [5.41, 5.74) is 13.2. The summed E-state index contributed by atoms with van der Waals surface area (Å²) in [4.78, 5) is 16.0. The van der Waals surface area contributed by atoms with Gasteiger partial charge in [0.25, 0.3) is 0 Å². The smallest absolute Gasteiger partial charge is 0.238 e. The summed E-state index contributed by atoms with van der Waals surface area (Å²) in [6, 6.07) is 74.4. The Morgan fingerprint density at radius 2 is 0.857 bits per heavy atom. The molecule has 0 radical (unpaired) electrons. The first kappa shape index (κ1) is 35.2. The maximum Gasteiger partial charge on any atom is 0.238 e. The molecule has 6 nitrogen and oxygen atoms in total. The molecular formula is C57H35N5O. The molecule has 4 heterocycles. The van der Waals surface area contributed by atoms with E-state index in [4.69, 9.17) is 19.4 Å². The highest BCUT2D eigenvalue weighted by Crippen LogP contribution is 2.43. The third-order valence-corrected chi connectivity index (χ3v) is 12.4. The summed E-state index contributed by atoms with van der Waals surface area (Å²) in [6.07, 6.45) is 0. The van der Waals surface area contributed by atoms with Crippen molar-refractivity contribution in [1.82, 2.24) is 24.1 Å². The predicted molar refractivity (Wildman–Crippen MR) is 258 cm³/mol. The highest BCUT2D eigenvalue weighted by Gasteiger charge is 2.24. The maximum absolute atomic E-state index is 6.73. The van der Waals surface area contributed by atoms with Crippen molar-refractivity contribution in [3.05, 3.63) is 212 Å². The average molecular weight is 806 g/mol. The van der Waals surface area contributed by atoms with Crippen LogP contribution in [0.2, 0.25) is 0 Å². The Morgan fingerprint density at radius 3 is 1.54 bits per heavy atom. The first-order chi connectivity index (χ1) is 31.2. The molecule has 0 saturated heterocycles. The molecule has 4 aromatic heterocycles. The Hall–Kier alpha value is -8.61. The number of rotatable bonds is 6. The Bertz CT molecular complexity index is 3890. The SMILES string of the molecule is c1ccc(-c2ccc(-n3c4ccccc4c4ccc5c6ccccc6n(-c6nc(-c7ccccc7)nc(-c7cccc8c7oc7ccc(-c9ccccc9)cc78)n6)c5c43)cc2)cc1. The number of hydrogen-bond donors (Lipinski definition) is 0. The minimum atomic E-state index is 0.522. The van der Waals surface area contributed by atoms with Gasteiger partial charge in [0.15, 0.2) is 11.6 Å². The van der Waals surface area contributed by atoms with E-state index in [9.17, 15) is 0 Å². The normalized spacial score (nSPS) is 11.8. The molecule has 63 heavy (non-hydrogen) atoms. The summed E-state index contributed by atoms with van der Waals surface area (Å²) in [5, 5.41) is 6.59. The number of para-hydroxylation sites is 3. The van der Waals surface area contributed by atoms with E-state index in [1.165, 1.54) is 16.5 Å². The summed E-state index contributed by atoms with van der Waals surface area (Å²) in [7, 11) is 0. The van der Waals surface area contributed by atoms with Crippen LogP contribution in [-0.4, -0.2) is 24.1 Å². The van der Waals surface area contributed by atoms with Gasteiger partial charge in [0.2, 0.25) is 5.95 Å². The Balaban J connectivity index is 1.10. The van der Waals surface area contributed by atoms with Crippen molar-refractivity contribution >= 4 is 65.6 Å². The van der Waals surface area contributed by atoms with Crippen LogP contribution in [0.5, 0.6) is 0 Å². The molecule has 0 unspecified atom stereocenters. The van der Waals surface area contributed by atoms with Crippen LogP contribution in [0.15, 0.2) is 217 Å². The number of benzene rings is 9. The predicted octanol–water partition coefficient (Wildman–Crippen LogP) is 14.6. The van der Waals surface area contributed by atoms with E-state index in [0.717, 1.165) is 88.1 Å². The number of hydrogen-bond acceptors (Lipinski definition) is 4. The lowest BCUT2D eigenvalue weighted by molar-refractivity contribution is 0.669. The third kappa shape index (κ3) is 5.55. The molecule has 0 aliphatic rings. The van der Waals surface area contributed by atoms with Crippen LogP contribution < -0.4 is 0 Å². The molecule has 0 aliphatic carbocycles. The number of nitrogens with zero attached hydrogens (tertiary/aromatic N) is 5. The second-order valence-corrected chi connectivity index (χ2v) is 16.0. The summed E-state index contributed by atoms with van der Waals surface area (Å²) in [6.45, 7) is 0. The molecule has 0 saturated carbocycles. The van der Waals surface area contributed by atoms with Gasteiger partial charge >= 0.3 is 0 Å². The highest BCUT2D eigenvalue weighted by molar-refractivity contribution is 6.23. The minimum absolute atomic E-state index is 0.522. The second kappa shape index (κ2) is 14.0. The minimum Gasteiger partial charge on any atom is -0.455 e. The van der Waals surface area contributed by atoms with Gasteiger partial charge in [0.1, 0.15) is 11.2 Å². The third-order valence-electron chi connectivity index (χ3n) is 12.4. The lowest BCUT2D eigenvalue weighted by Gasteiger charge is -2.13. The van der Waals surface area contributed by atoms with Gasteiger partial charge in [-0.1, -0.05) is 170 Å². The fourth-order valence-corrected chi connectivity index (χ4v) is 9.50. The van der Waals surface area contributed by atoms with Gasteiger partial charge in [-0.15, -0.1) is 0 Å². The molecular weight excluding hydrogens is 771 g/mol. The molecule has 6 heteroatoms. The van der Waals surface area contributed by atoms with Crippen molar-refractivity contribution in [2.24, 2.45) is 0 Å². The zero-order chi connectivity index (χ0) is 41.4. The van der Waals surface area contributed by atoms with E-state index < -0.39 is 0 Å². The molecule has 0 aliphatic heterocycles. The zero-order valence-electron chi connectivity index (χ0n) is 33.9. The van der Waals surface area contributed by atoms with Crippen LogP contribution in [0.4, 0.5) is 0 Å². The Morgan fingerprint density at radius 1 is 0.333 bits per heavy atom. The van der Waals surface area contributed by atoms with Gasteiger partial charge in [-0.2, -0.15) is 9.97 Å². The van der Waals surface area contributed by atoms with Crippen LogP contribution in [-0.2, 0) is 0 Å². The van der Waals surface area contributed by atoms with Crippen LogP contribution in [0.1, 0.15) is 0 Å². The van der Waals surface area contributed by atoms with E-state index in [2.05, 4.69) is 197 Å². The molecule has 13 aromatic rings. The topological polar surface area (TPSA) is 61.7 Å². The van der Waals surface area contributed by atoms with Gasteiger partial charge in [-0.3, -0.25) is 4.57 Å². The van der Waals surface area contributed by atoms with Crippen LogP contribution in [0.3, 0.4) is 0 Å². The molecule has 0 fully saturated rings. The molecule has 0 N–H and O–H groups in total. The molecule has 0 atom stereocenters. The van der Waals surface area contributed by atoms with Gasteiger partial charge in [-0.25, -0.2) is 4.98 Å². The quantitative estimate of drug-likeness (QED) is 0.168. The fraction of sp³-hybridized carbons (Fsp3) is 0. The lowest BCUT2D eigenvalue weighted by atomic mass is 10.0. The first-order valence-corrected chi connectivity index (χ1v) is 21.2. The van der Waals surface area contributed by atoms with Crippen LogP contribution in [0.25, 0.3) is 122 Å². The highest BCUT2D eigenvalue weighted by atomic mass is 16.3. The second-order valence-electron chi connectivity index (χ2n) is 16.0.